The molecule has 2 heterocycles. The largest absolute Gasteiger partial charge is 0.348 e. The van der Waals surface area contributed by atoms with Crippen molar-refractivity contribution in [3.63, 3.8) is 0 Å². The van der Waals surface area contributed by atoms with Gasteiger partial charge in [-0.25, -0.2) is 0 Å². The van der Waals surface area contributed by atoms with Gasteiger partial charge in [-0.05, 0) is 63.6 Å². The van der Waals surface area contributed by atoms with Gasteiger partial charge in [0.05, 0.1) is 0 Å². The minimum atomic E-state index is -0.260. The molecule has 3 N–H and O–H groups in total. The van der Waals surface area contributed by atoms with Gasteiger partial charge in [0.2, 0.25) is 0 Å². The second kappa shape index (κ2) is 7.29. The fourth-order valence-corrected chi connectivity index (χ4v) is 3.33. The first kappa shape index (κ1) is 17.0. The average molecular weight is 326 g/mol. The first-order valence-electron chi connectivity index (χ1n) is 7.94. The molecule has 0 bridgehead atoms. The van der Waals surface area contributed by atoms with Crippen LogP contribution in [0.15, 0.2) is 10.9 Å². The number of aromatic amines is 1. The maximum Gasteiger partial charge on any atom is 0.261 e. The number of rotatable bonds is 2. The third-order valence-electron chi connectivity index (χ3n) is 4.66. The molecule has 0 saturated carbocycles. The first-order valence-corrected chi connectivity index (χ1v) is 7.94. The van der Waals surface area contributed by atoms with Crippen LogP contribution in [-0.2, 0) is 12.8 Å². The monoisotopic (exact) mass is 325 g/mol. The maximum atomic E-state index is 12.4. The van der Waals surface area contributed by atoms with E-state index in [0.717, 1.165) is 56.3 Å². The lowest BCUT2D eigenvalue weighted by Gasteiger charge is -2.30. The third-order valence-corrected chi connectivity index (χ3v) is 4.66. The van der Waals surface area contributed by atoms with Gasteiger partial charge in [-0.2, -0.15) is 0 Å². The number of amides is 1. The summed E-state index contributed by atoms with van der Waals surface area (Å²) < 4.78 is 0. The van der Waals surface area contributed by atoms with Crippen molar-refractivity contribution < 1.29 is 4.79 Å². The fourth-order valence-electron chi connectivity index (χ4n) is 3.33. The highest BCUT2D eigenvalue weighted by molar-refractivity contribution is 5.94. The Morgan fingerprint density at radius 3 is 2.82 bits per heavy atom. The Bertz CT molecular complexity index is 600. The molecule has 0 spiro atoms. The summed E-state index contributed by atoms with van der Waals surface area (Å²) in [6, 6.07) is 2.14. The van der Waals surface area contributed by atoms with Gasteiger partial charge in [0.25, 0.3) is 11.5 Å². The van der Waals surface area contributed by atoms with E-state index >= 15 is 0 Å². The van der Waals surface area contributed by atoms with E-state index in [0.29, 0.717) is 0 Å². The van der Waals surface area contributed by atoms with Crippen molar-refractivity contribution in [1.29, 1.82) is 0 Å². The zero-order valence-electron chi connectivity index (χ0n) is 12.9. The standard InChI is InChI=1S/C16H23N3O2.ClH/c1-10-13(7-4-8-17-10)18-15(20)12-9-11-5-2-3-6-14(11)19-16(12)21;/h9-10,13,17H,2-8H2,1H3,(H,18,20)(H,19,21);1H. The van der Waals surface area contributed by atoms with E-state index in [4.69, 9.17) is 0 Å². The SMILES string of the molecule is CC1NCCCC1NC(=O)c1cc2c([nH]c1=O)CCCC2.Cl. The van der Waals surface area contributed by atoms with Crippen LogP contribution < -0.4 is 16.2 Å². The fraction of sp³-hybridized carbons (Fsp3) is 0.625. The highest BCUT2D eigenvalue weighted by atomic mass is 35.5. The van der Waals surface area contributed by atoms with Gasteiger partial charge in [0.15, 0.2) is 0 Å². The molecule has 1 amide bonds. The van der Waals surface area contributed by atoms with Crippen LogP contribution in [0.1, 0.15) is 54.2 Å². The maximum absolute atomic E-state index is 12.4. The van der Waals surface area contributed by atoms with Crippen LogP contribution in [0.4, 0.5) is 0 Å². The normalized spacial score (nSPS) is 24.0. The lowest BCUT2D eigenvalue weighted by atomic mass is 9.94. The highest BCUT2D eigenvalue weighted by Crippen LogP contribution is 2.18. The second-order valence-electron chi connectivity index (χ2n) is 6.19. The van der Waals surface area contributed by atoms with Crippen molar-refractivity contribution in [1.82, 2.24) is 15.6 Å². The van der Waals surface area contributed by atoms with Crippen LogP contribution in [0.3, 0.4) is 0 Å². The van der Waals surface area contributed by atoms with E-state index < -0.39 is 0 Å². The smallest absolute Gasteiger partial charge is 0.261 e. The Labute approximate surface area is 136 Å². The number of hydrogen-bond acceptors (Lipinski definition) is 3. The molecular weight excluding hydrogens is 302 g/mol. The van der Waals surface area contributed by atoms with E-state index in [1.54, 1.807) is 6.07 Å². The van der Waals surface area contributed by atoms with Gasteiger partial charge in [0.1, 0.15) is 5.56 Å². The lowest BCUT2D eigenvalue weighted by Crippen LogP contribution is -2.52. The van der Waals surface area contributed by atoms with Crippen molar-refractivity contribution in [3.05, 3.63) is 33.2 Å². The van der Waals surface area contributed by atoms with Gasteiger partial charge in [-0.15, -0.1) is 12.4 Å². The Kier molecular flexibility index (Phi) is 5.64. The number of pyridine rings is 1. The molecule has 0 aromatic carbocycles. The minimum Gasteiger partial charge on any atom is -0.348 e. The number of carbonyl (C=O) groups excluding carboxylic acids is 1. The number of carbonyl (C=O) groups is 1. The number of H-pyrrole nitrogens is 1. The topological polar surface area (TPSA) is 74.0 Å². The summed E-state index contributed by atoms with van der Waals surface area (Å²) in [6.07, 6.45) is 6.12. The molecule has 1 aromatic heterocycles. The lowest BCUT2D eigenvalue weighted by molar-refractivity contribution is 0.0918. The summed E-state index contributed by atoms with van der Waals surface area (Å²) in [7, 11) is 0. The quantitative estimate of drug-likeness (QED) is 0.772. The van der Waals surface area contributed by atoms with Gasteiger partial charge in [-0.1, -0.05) is 0 Å². The zero-order valence-corrected chi connectivity index (χ0v) is 13.7. The molecule has 1 aliphatic carbocycles. The minimum absolute atomic E-state index is 0. The van der Waals surface area contributed by atoms with Crippen molar-refractivity contribution in [2.24, 2.45) is 0 Å². The number of piperidine rings is 1. The molecule has 5 nitrogen and oxygen atoms in total. The molecule has 2 aliphatic rings. The van der Waals surface area contributed by atoms with E-state index in [-0.39, 0.29) is 41.5 Å². The molecule has 1 aliphatic heterocycles. The molecule has 1 aromatic rings. The van der Waals surface area contributed by atoms with E-state index in [1.165, 1.54) is 0 Å². The zero-order chi connectivity index (χ0) is 14.8. The number of halogens is 1. The van der Waals surface area contributed by atoms with Crippen molar-refractivity contribution in [2.75, 3.05) is 6.54 Å². The second-order valence-corrected chi connectivity index (χ2v) is 6.19. The Balaban J connectivity index is 0.00000176. The molecule has 2 unspecified atom stereocenters. The molecule has 22 heavy (non-hydrogen) atoms. The van der Waals surface area contributed by atoms with Crippen molar-refractivity contribution in [2.45, 2.75) is 57.5 Å². The van der Waals surface area contributed by atoms with Gasteiger partial charge < -0.3 is 15.6 Å². The Morgan fingerprint density at radius 2 is 2.05 bits per heavy atom. The van der Waals surface area contributed by atoms with Crippen molar-refractivity contribution >= 4 is 18.3 Å². The van der Waals surface area contributed by atoms with Crippen molar-refractivity contribution in [3.8, 4) is 0 Å². The number of hydrogen-bond donors (Lipinski definition) is 3. The van der Waals surface area contributed by atoms with Crippen LogP contribution in [0.2, 0.25) is 0 Å². The average Bonchev–Trinajstić information content (AvgIpc) is 2.49. The molecule has 3 rings (SSSR count). The van der Waals surface area contributed by atoms with Gasteiger partial charge in [-0.3, -0.25) is 9.59 Å². The molecule has 0 radical (unpaired) electrons. The summed E-state index contributed by atoms with van der Waals surface area (Å²) in [6.45, 7) is 3.06. The van der Waals surface area contributed by atoms with Crippen LogP contribution in [0, 0.1) is 0 Å². The molecular formula is C16H24ClN3O2. The summed E-state index contributed by atoms with van der Waals surface area (Å²) in [5.41, 5.74) is 2.13. The Hall–Kier alpha value is -1.33. The first-order chi connectivity index (χ1) is 10.1. The third kappa shape index (κ3) is 3.52. The summed E-state index contributed by atoms with van der Waals surface area (Å²) in [5.74, 6) is -0.245. The van der Waals surface area contributed by atoms with Crippen LogP contribution in [0.25, 0.3) is 0 Å². The Morgan fingerprint density at radius 1 is 1.27 bits per heavy atom. The summed E-state index contributed by atoms with van der Waals surface area (Å²) in [5, 5.41) is 6.36. The van der Waals surface area contributed by atoms with Crippen LogP contribution >= 0.6 is 12.4 Å². The number of aryl methyl sites for hydroxylation is 2. The molecule has 2 atom stereocenters. The summed E-state index contributed by atoms with van der Waals surface area (Å²) in [4.78, 5) is 27.4. The molecule has 1 fully saturated rings. The molecule has 6 heteroatoms. The molecule has 1 saturated heterocycles. The van der Waals surface area contributed by atoms with Crippen LogP contribution in [-0.4, -0.2) is 29.5 Å². The van der Waals surface area contributed by atoms with Crippen LogP contribution in [0.5, 0.6) is 0 Å². The van der Waals surface area contributed by atoms with Gasteiger partial charge >= 0.3 is 0 Å². The molecule has 122 valence electrons. The highest BCUT2D eigenvalue weighted by Gasteiger charge is 2.24. The van der Waals surface area contributed by atoms with E-state index in [9.17, 15) is 9.59 Å². The van der Waals surface area contributed by atoms with Gasteiger partial charge in [0, 0.05) is 17.8 Å². The summed E-state index contributed by atoms with van der Waals surface area (Å²) >= 11 is 0. The predicted molar refractivity (Wildman–Crippen MR) is 88.9 cm³/mol. The van der Waals surface area contributed by atoms with E-state index in [1.807, 2.05) is 0 Å². The number of nitrogens with one attached hydrogen (secondary N) is 3. The predicted octanol–water partition coefficient (Wildman–Crippen LogP) is 1.55. The number of aromatic nitrogens is 1. The number of fused-ring (bicyclic) bond motifs is 1. The van der Waals surface area contributed by atoms with E-state index in [2.05, 4.69) is 22.5 Å².